The third-order valence-electron chi connectivity index (χ3n) is 1.28. The second kappa shape index (κ2) is 6.33. The van der Waals surface area contributed by atoms with E-state index in [-0.39, 0.29) is 6.29 Å². The first-order valence-electron chi connectivity index (χ1n) is 3.35. The molecule has 0 heterocycles. The summed E-state index contributed by atoms with van der Waals surface area (Å²) in [5.74, 6) is 0. The van der Waals surface area contributed by atoms with Gasteiger partial charge in [-0.25, -0.2) is 0 Å². The lowest BCUT2D eigenvalue weighted by molar-refractivity contribution is -0.125. The van der Waals surface area contributed by atoms with Gasteiger partial charge in [-0.05, 0) is 0 Å². The molecule has 0 aliphatic rings. The summed E-state index contributed by atoms with van der Waals surface area (Å²) >= 11 is 0. The van der Waals surface area contributed by atoms with Gasteiger partial charge in [0.15, 0.2) is 6.29 Å². The van der Waals surface area contributed by atoms with E-state index in [9.17, 15) is 4.79 Å². The molecule has 0 saturated heterocycles. The van der Waals surface area contributed by atoms with E-state index in [2.05, 4.69) is 4.52 Å². The van der Waals surface area contributed by atoms with Crippen molar-refractivity contribution in [2.45, 2.75) is 18.3 Å². The van der Waals surface area contributed by atoms with Crippen LogP contribution in [0.25, 0.3) is 0 Å². The lowest BCUT2D eigenvalue weighted by Gasteiger charge is -2.21. The van der Waals surface area contributed by atoms with Gasteiger partial charge in [0.25, 0.3) is 8.53 Å². The largest absolute Gasteiger partial charge is 0.394 e. The first-order chi connectivity index (χ1) is 6.02. The smallest absolute Gasteiger partial charge is 0.250 e. The van der Waals surface area contributed by atoms with Crippen LogP contribution in [0.2, 0.25) is 0 Å². The van der Waals surface area contributed by atoms with Crippen molar-refractivity contribution in [3.05, 3.63) is 0 Å². The normalized spacial score (nSPS) is 20.4. The second-order valence-electron chi connectivity index (χ2n) is 2.25. The molecule has 0 aromatic heterocycles. The summed E-state index contributed by atoms with van der Waals surface area (Å²) in [6.07, 6.45) is -4.38. The quantitative estimate of drug-likeness (QED) is 0.242. The maximum Gasteiger partial charge on any atom is 0.250 e. The fourth-order valence-electron chi connectivity index (χ4n) is 0.619. The van der Waals surface area contributed by atoms with E-state index in [1.165, 1.54) is 0 Å². The lowest BCUT2D eigenvalue weighted by atomic mass is 10.1. The Labute approximate surface area is 75.7 Å². The highest BCUT2D eigenvalue weighted by Crippen LogP contribution is 2.23. The van der Waals surface area contributed by atoms with Crippen LogP contribution in [0.1, 0.15) is 0 Å². The molecule has 7 nitrogen and oxygen atoms in total. The van der Waals surface area contributed by atoms with Crippen molar-refractivity contribution in [2.24, 2.45) is 5.50 Å². The molecule has 0 aromatic rings. The molecule has 0 aromatic carbocycles. The van der Waals surface area contributed by atoms with Gasteiger partial charge in [-0.1, -0.05) is 0 Å². The predicted molar refractivity (Wildman–Crippen MR) is 43.4 cm³/mol. The van der Waals surface area contributed by atoms with Crippen molar-refractivity contribution in [2.75, 3.05) is 6.61 Å². The Morgan fingerprint density at radius 3 is 2.38 bits per heavy atom. The second-order valence-corrected chi connectivity index (χ2v) is 3.07. The summed E-state index contributed by atoms with van der Waals surface area (Å²) in [6, 6.07) is 0. The van der Waals surface area contributed by atoms with E-state index in [1.54, 1.807) is 0 Å². The molecule has 4 atom stereocenters. The van der Waals surface area contributed by atoms with Crippen LogP contribution in [0, 0.1) is 0 Å². The van der Waals surface area contributed by atoms with E-state index in [0.717, 1.165) is 0 Å². The topological polar surface area (TPSA) is 133 Å². The molecule has 0 saturated carbocycles. The van der Waals surface area contributed by atoms with Crippen LogP contribution in [-0.4, -0.2) is 51.4 Å². The van der Waals surface area contributed by atoms with Gasteiger partial charge in [0.2, 0.25) is 0 Å². The first kappa shape index (κ1) is 12.9. The van der Waals surface area contributed by atoms with Crippen molar-refractivity contribution < 1.29 is 29.5 Å². The van der Waals surface area contributed by atoms with Gasteiger partial charge in [-0.2, -0.15) is 0 Å². The van der Waals surface area contributed by atoms with Crippen LogP contribution >= 0.6 is 8.53 Å². The molecule has 0 spiro atoms. The number of carbonyl (C=O) groups is 1. The highest BCUT2D eigenvalue weighted by molar-refractivity contribution is 7.43. The third kappa shape index (κ3) is 4.58. The van der Waals surface area contributed by atoms with Gasteiger partial charge in [-0.3, -0.25) is 5.50 Å². The number of aliphatic hydroxyl groups excluding tert-OH is 3. The minimum Gasteiger partial charge on any atom is -0.394 e. The molecular weight excluding hydrogens is 201 g/mol. The molecule has 0 bridgehead atoms. The molecular formula is C5H12NO6P. The Bertz CT molecular complexity index is 156. The van der Waals surface area contributed by atoms with Gasteiger partial charge in [0.05, 0.1) is 6.61 Å². The third-order valence-corrected chi connectivity index (χ3v) is 1.74. The minimum absolute atomic E-state index is 0.183. The number of aldehydes is 1. The average molecular weight is 213 g/mol. The average Bonchev–Trinajstić information content (AvgIpc) is 2.11. The standard InChI is InChI=1S/C5H12NO6P/c6-13(11)12-4(2-8)5(10)3(9)1-7/h2-5,7,9-11H,1,6H2/t3-,4+,5-,13-/m1/s1. The van der Waals surface area contributed by atoms with E-state index in [1.807, 2.05) is 0 Å². The zero-order chi connectivity index (χ0) is 10.4. The van der Waals surface area contributed by atoms with E-state index in [4.69, 9.17) is 25.7 Å². The lowest BCUT2D eigenvalue weighted by Crippen LogP contribution is -2.41. The number of rotatable bonds is 6. The number of carbonyl (C=O) groups excluding carboxylic acids is 1. The van der Waals surface area contributed by atoms with Crippen LogP contribution in [0.5, 0.6) is 0 Å². The summed E-state index contributed by atoms with van der Waals surface area (Å²) in [5.41, 5.74) is 4.83. The Balaban J connectivity index is 4.13. The maximum absolute atomic E-state index is 10.3. The Hall–Kier alpha value is -0.140. The fourth-order valence-corrected chi connectivity index (χ4v) is 1.04. The molecule has 0 aliphatic heterocycles. The zero-order valence-corrected chi connectivity index (χ0v) is 7.54. The SMILES string of the molecule is N[P@](O)O[C@@H](C=O)[C@H](O)[C@H](O)CO. The van der Waals surface area contributed by atoms with E-state index in [0.29, 0.717) is 0 Å². The van der Waals surface area contributed by atoms with Crippen LogP contribution in [0.4, 0.5) is 0 Å². The van der Waals surface area contributed by atoms with Crippen LogP contribution < -0.4 is 5.50 Å². The van der Waals surface area contributed by atoms with Crippen molar-refractivity contribution in [1.82, 2.24) is 0 Å². The van der Waals surface area contributed by atoms with E-state index < -0.39 is 33.4 Å². The Morgan fingerprint density at radius 2 is 2.08 bits per heavy atom. The van der Waals surface area contributed by atoms with Crippen molar-refractivity contribution in [3.63, 3.8) is 0 Å². The highest BCUT2D eigenvalue weighted by Gasteiger charge is 2.27. The summed E-state index contributed by atoms with van der Waals surface area (Å²) in [7, 11) is -2.29. The van der Waals surface area contributed by atoms with Crippen molar-refractivity contribution in [3.8, 4) is 0 Å². The van der Waals surface area contributed by atoms with Gasteiger partial charge >= 0.3 is 0 Å². The number of nitrogens with two attached hydrogens (primary N) is 1. The minimum atomic E-state index is -2.29. The molecule has 0 aliphatic carbocycles. The maximum atomic E-state index is 10.3. The predicted octanol–water partition coefficient (Wildman–Crippen LogP) is -2.54. The highest BCUT2D eigenvalue weighted by atomic mass is 31.2. The number of hydrogen-bond acceptors (Lipinski definition) is 7. The molecule has 0 rings (SSSR count). The van der Waals surface area contributed by atoms with Crippen molar-refractivity contribution >= 4 is 14.8 Å². The van der Waals surface area contributed by atoms with Gasteiger partial charge in [0.1, 0.15) is 18.3 Å². The molecule has 13 heavy (non-hydrogen) atoms. The monoisotopic (exact) mass is 213 g/mol. The van der Waals surface area contributed by atoms with Crippen LogP contribution in [-0.2, 0) is 9.32 Å². The first-order valence-corrected chi connectivity index (χ1v) is 4.63. The summed E-state index contributed by atoms with van der Waals surface area (Å²) in [4.78, 5) is 18.8. The molecule has 0 unspecified atom stereocenters. The van der Waals surface area contributed by atoms with Crippen LogP contribution in [0.3, 0.4) is 0 Å². The van der Waals surface area contributed by atoms with Crippen molar-refractivity contribution in [1.29, 1.82) is 0 Å². The molecule has 0 fully saturated rings. The van der Waals surface area contributed by atoms with Gasteiger partial charge < -0.3 is 29.5 Å². The van der Waals surface area contributed by atoms with Gasteiger partial charge in [0, 0.05) is 0 Å². The molecule has 6 N–H and O–H groups in total. The zero-order valence-electron chi connectivity index (χ0n) is 6.65. The molecule has 8 heteroatoms. The Kier molecular flexibility index (Phi) is 6.27. The Morgan fingerprint density at radius 1 is 1.54 bits per heavy atom. The summed E-state index contributed by atoms with van der Waals surface area (Å²) < 4.78 is 4.39. The molecule has 0 radical (unpaired) electrons. The van der Waals surface area contributed by atoms with E-state index >= 15 is 0 Å². The number of hydrogen-bond donors (Lipinski definition) is 5. The summed E-state index contributed by atoms with van der Waals surface area (Å²) in [6.45, 7) is -0.719. The summed E-state index contributed by atoms with van der Waals surface area (Å²) in [5, 5.41) is 26.4. The fraction of sp³-hybridized carbons (Fsp3) is 0.800. The number of aliphatic hydroxyl groups is 3. The molecule has 78 valence electrons. The molecule has 0 amide bonds. The van der Waals surface area contributed by atoms with Crippen LogP contribution in [0.15, 0.2) is 0 Å². The van der Waals surface area contributed by atoms with Gasteiger partial charge in [-0.15, -0.1) is 0 Å².